The summed E-state index contributed by atoms with van der Waals surface area (Å²) >= 11 is 0. The Kier molecular flexibility index (Phi) is 8.48. The molecule has 0 saturated carbocycles. The smallest absolute Gasteiger partial charge is 0.368 e. The van der Waals surface area contributed by atoms with Gasteiger partial charge >= 0.3 is 11.9 Å². The predicted octanol–water partition coefficient (Wildman–Crippen LogP) is 1.56. The standard InChI is InChI=1S/C13H20O6/c1-9(2)12(14)17-7-6-16-8-11(5)18-19-13(15)10(3)4/h11H,1,3,6-8H2,2,4-5H3. The summed E-state index contributed by atoms with van der Waals surface area (Å²) < 4.78 is 9.99. The highest BCUT2D eigenvalue weighted by atomic mass is 17.2. The van der Waals surface area contributed by atoms with Crippen LogP contribution in [0.25, 0.3) is 0 Å². The Morgan fingerprint density at radius 2 is 1.63 bits per heavy atom. The van der Waals surface area contributed by atoms with Crippen LogP contribution in [-0.2, 0) is 28.8 Å². The molecule has 0 heterocycles. The largest absolute Gasteiger partial charge is 0.460 e. The summed E-state index contributed by atoms with van der Waals surface area (Å²) in [6.07, 6.45) is -0.430. The van der Waals surface area contributed by atoms with E-state index in [2.05, 4.69) is 18.0 Å². The number of esters is 1. The molecule has 108 valence electrons. The number of ether oxygens (including phenoxy) is 2. The number of hydrogen-bond donors (Lipinski definition) is 0. The predicted molar refractivity (Wildman–Crippen MR) is 68.0 cm³/mol. The Morgan fingerprint density at radius 1 is 1.05 bits per heavy atom. The second-order valence-electron chi connectivity index (χ2n) is 4.05. The van der Waals surface area contributed by atoms with Gasteiger partial charge in [0, 0.05) is 11.1 Å². The van der Waals surface area contributed by atoms with Crippen LogP contribution in [0.2, 0.25) is 0 Å². The second-order valence-corrected chi connectivity index (χ2v) is 4.05. The summed E-state index contributed by atoms with van der Waals surface area (Å²) in [4.78, 5) is 31.3. The van der Waals surface area contributed by atoms with Gasteiger partial charge in [-0.15, -0.1) is 0 Å². The van der Waals surface area contributed by atoms with Crippen molar-refractivity contribution >= 4 is 11.9 Å². The monoisotopic (exact) mass is 272 g/mol. The van der Waals surface area contributed by atoms with E-state index in [9.17, 15) is 9.59 Å². The van der Waals surface area contributed by atoms with Gasteiger partial charge in [0.05, 0.1) is 13.2 Å². The van der Waals surface area contributed by atoms with Gasteiger partial charge in [-0.05, 0) is 20.8 Å². The maximum atomic E-state index is 11.0. The molecule has 0 aliphatic rings. The van der Waals surface area contributed by atoms with Gasteiger partial charge in [-0.25, -0.2) is 9.59 Å². The number of carbonyl (C=O) groups excluding carboxylic acids is 2. The molecule has 0 aromatic heterocycles. The van der Waals surface area contributed by atoms with E-state index in [1.807, 2.05) is 0 Å². The fourth-order valence-corrected chi connectivity index (χ4v) is 0.791. The SMILES string of the molecule is C=C(C)C(=O)OCCOCC(C)OOC(=O)C(=C)C. The normalized spacial score (nSPS) is 11.5. The zero-order valence-corrected chi connectivity index (χ0v) is 11.6. The fourth-order valence-electron chi connectivity index (χ4n) is 0.791. The molecule has 1 atom stereocenters. The minimum absolute atomic E-state index is 0.129. The lowest BCUT2D eigenvalue weighted by atomic mass is 10.4. The van der Waals surface area contributed by atoms with Crippen molar-refractivity contribution in [3.8, 4) is 0 Å². The second kappa shape index (κ2) is 9.29. The molecule has 6 heteroatoms. The zero-order valence-electron chi connectivity index (χ0n) is 11.6. The van der Waals surface area contributed by atoms with Crippen LogP contribution in [0.15, 0.2) is 24.3 Å². The molecule has 1 unspecified atom stereocenters. The first kappa shape index (κ1) is 17.3. The Labute approximate surface area is 112 Å². The molecule has 0 aromatic carbocycles. The first-order valence-electron chi connectivity index (χ1n) is 5.78. The van der Waals surface area contributed by atoms with Gasteiger partial charge in [0.15, 0.2) is 0 Å². The summed E-state index contributed by atoms with van der Waals surface area (Å²) in [5.74, 6) is -1.08. The van der Waals surface area contributed by atoms with Gasteiger partial charge in [0.2, 0.25) is 0 Å². The molecule has 0 rings (SSSR count). The molecule has 0 spiro atoms. The van der Waals surface area contributed by atoms with E-state index in [1.54, 1.807) is 13.8 Å². The third-order valence-electron chi connectivity index (χ3n) is 1.80. The van der Waals surface area contributed by atoms with Gasteiger partial charge in [-0.3, -0.25) is 4.89 Å². The molecule has 0 bridgehead atoms. The van der Waals surface area contributed by atoms with Crippen molar-refractivity contribution in [1.82, 2.24) is 0 Å². The maximum Gasteiger partial charge on any atom is 0.368 e. The van der Waals surface area contributed by atoms with Crippen LogP contribution in [0, 0.1) is 0 Å². The Morgan fingerprint density at radius 3 is 2.16 bits per heavy atom. The van der Waals surface area contributed by atoms with E-state index in [-0.39, 0.29) is 25.4 Å². The van der Waals surface area contributed by atoms with Gasteiger partial charge in [0.1, 0.15) is 12.7 Å². The van der Waals surface area contributed by atoms with Crippen LogP contribution >= 0.6 is 0 Å². The van der Waals surface area contributed by atoms with Crippen LogP contribution in [0.5, 0.6) is 0 Å². The number of rotatable bonds is 9. The topological polar surface area (TPSA) is 71.1 Å². The van der Waals surface area contributed by atoms with Crippen molar-refractivity contribution in [2.75, 3.05) is 19.8 Å². The van der Waals surface area contributed by atoms with Crippen LogP contribution in [0.1, 0.15) is 20.8 Å². The molecule has 0 fully saturated rings. The number of hydrogen-bond acceptors (Lipinski definition) is 6. The average molecular weight is 272 g/mol. The molecule has 6 nitrogen and oxygen atoms in total. The first-order valence-corrected chi connectivity index (χ1v) is 5.78. The molecule has 0 radical (unpaired) electrons. The molecule has 0 N–H and O–H groups in total. The van der Waals surface area contributed by atoms with Crippen molar-refractivity contribution in [2.24, 2.45) is 0 Å². The van der Waals surface area contributed by atoms with Crippen molar-refractivity contribution in [3.63, 3.8) is 0 Å². The van der Waals surface area contributed by atoms with Crippen LogP contribution < -0.4 is 0 Å². The van der Waals surface area contributed by atoms with Crippen molar-refractivity contribution in [1.29, 1.82) is 0 Å². The molecule has 19 heavy (non-hydrogen) atoms. The summed E-state index contributed by atoms with van der Waals surface area (Å²) in [7, 11) is 0. The zero-order chi connectivity index (χ0) is 14.8. The Bertz CT molecular complexity index is 347. The lowest BCUT2D eigenvalue weighted by Crippen LogP contribution is -2.20. The highest BCUT2D eigenvalue weighted by Crippen LogP contribution is 1.98. The van der Waals surface area contributed by atoms with Crippen molar-refractivity contribution in [2.45, 2.75) is 26.9 Å². The van der Waals surface area contributed by atoms with Crippen molar-refractivity contribution < 1.29 is 28.8 Å². The quantitative estimate of drug-likeness (QED) is 0.208. The summed E-state index contributed by atoms with van der Waals surface area (Å²) in [6, 6.07) is 0. The highest BCUT2D eigenvalue weighted by Gasteiger charge is 2.09. The molecule has 0 aliphatic heterocycles. The minimum Gasteiger partial charge on any atom is -0.460 e. The van der Waals surface area contributed by atoms with Gasteiger partial charge < -0.3 is 9.47 Å². The summed E-state index contributed by atoms with van der Waals surface area (Å²) in [5, 5.41) is 0. The lowest BCUT2D eigenvalue weighted by molar-refractivity contribution is -0.297. The van der Waals surface area contributed by atoms with E-state index in [0.29, 0.717) is 5.57 Å². The first-order chi connectivity index (χ1) is 8.84. The number of carbonyl (C=O) groups is 2. The molecule has 0 aromatic rings. The fraction of sp³-hybridized carbons (Fsp3) is 0.538. The van der Waals surface area contributed by atoms with Crippen LogP contribution in [0.3, 0.4) is 0 Å². The van der Waals surface area contributed by atoms with E-state index < -0.39 is 18.0 Å². The van der Waals surface area contributed by atoms with Gasteiger partial charge in [-0.1, -0.05) is 13.2 Å². The van der Waals surface area contributed by atoms with Crippen LogP contribution in [0.4, 0.5) is 0 Å². The molecular formula is C13H20O6. The molecule has 0 aliphatic carbocycles. The molecule has 0 amide bonds. The summed E-state index contributed by atoms with van der Waals surface area (Å²) in [5.41, 5.74) is 0.586. The van der Waals surface area contributed by atoms with E-state index in [1.165, 1.54) is 6.92 Å². The third-order valence-corrected chi connectivity index (χ3v) is 1.80. The van der Waals surface area contributed by atoms with E-state index in [4.69, 9.17) is 14.4 Å². The average Bonchev–Trinajstić information content (AvgIpc) is 2.34. The molecule has 0 saturated heterocycles. The summed E-state index contributed by atoms with van der Waals surface area (Å²) in [6.45, 7) is 12.2. The van der Waals surface area contributed by atoms with Crippen LogP contribution in [-0.4, -0.2) is 37.9 Å². The minimum atomic E-state index is -0.623. The van der Waals surface area contributed by atoms with E-state index >= 15 is 0 Å². The molecular weight excluding hydrogens is 252 g/mol. The lowest BCUT2D eigenvalue weighted by Gasteiger charge is -2.11. The van der Waals surface area contributed by atoms with E-state index in [0.717, 1.165) is 0 Å². The Hall–Kier alpha value is -1.66. The van der Waals surface area contributed by atoms with Gasteiger partial charge in [0.25, 0.3) is 0 Å². The van der Waals surface area contributed by atoms with Crippen molar-refractivity contribution in [3.05, 3.63) is 24.3 Å². The maximum absolute atomic E-state index is 11.0. The third kappa shape index (κ3) is 8.98. The highest BCUT2D eigenvalue weighted by molar-refractivity contribution is 5.87. The van der Waals surface area contributed by atoms with Gasteiger partial charge in [-0.2, -0.15) is 4.89 Å². The Balaban J connectivity index is 3.56.